The third-order valence-corrected chi connectivity index (χ3v) is 6.30. The van der Waals surface area contributed by atoms with Gasteiger partial charge in [-0.1, -0.05) is 58.2 Å². The van der Waals surface area contributed by atoms with E-state index in [1.165, 1.54) is 50.7 Å². The third kappa shape index (κ3) is 11.7. The lowest BCUT2D eigenvalue weighted by atomic mass is 10.3. The van der Waals surface area contributed by atoms with Gasteiger partial charge >= 0.3 is 0 Å². The Morgan fingerprint density at radius 1 is 0.864 bits per heavy atom. The molecule has 1 aromatic carbocycles. The van der Waals surface area contributed by atoms with Crippen molar-refractivity contribution in [3.63, 3.8) is 0 Å². The highest BCUT2D eigenvalue weighted by molar-refractivity contribution is 7.57. The van der Waals surface area contributed by atoms with E-state index in [1.54, 1.807) is 36.7 Å². The van der Waals surface area contributed by atoms with Crippen molar-refractivity contribution in [2.24, 2.45) is 0 Å². The van der Waals surface area contributed by atoms with Gasteiger partial charge in [-0.3, -0.25) is 10.1 Å². The summed E-state index contributed by atoms with van der Waals surface area (Å²) in [4.78, 5) is 9.59. The minimum atomic E-state index is -0.417. The van der Waals surface area contributed by atoms with E-state index >= 15 is 0 Å². The Labute approximate surface area is 137 Å². The molecule has 0 bridgehead atoms. The zero-order chi connectivity index (χ0) is 16.6. The molecule has 1 aromatic rings. The Kier molecular flexibility index (Phi) is 14.3. The molecule has 4 heteroatoms. The molecule has 3 nitrogen and oxygen atoms in total. The van der Waals surface area contributed by atoms with Crippen LogP contribution in [-0.2, 0) is 0 Å². The summed E-state index contributed by atoms with van der Waals surface area (Å²) in [6.45, 7) is 6.94. The normalized spacial score (nSPS) is 10.2. The second-order valence-corrected chi connectivity index (χ2v) is 8.18. The van der Waals surface area contributed by atoms with Crippen LogP contribution in [0.25, 0.3) is 0 Å². The Balaban J connectivity index is 0.000000425. The average Bonchev–Trinajstić information content (AvgIpc) is 2.55. The van der Waals surface area contributed by atoms with Crippen molar-refractivity contribution in [1.29, 1.82) is 0 Å². The second-order valence-electron chi connectivity index (χ2n) is 5.49. The largest absolute Gasteiger partial charge is 0.269 e. The lowest BCUT2D eigenvalue weighted by molar-refractivity contribution is -0.384. The lowest BCUT2D eigenvalue weighted by Gasteiger charge is -2.16. The first-order valence-corrected chi connectivity index (χ1v) is 10.5. The topological polar surface area (TPSA) is 43.1 Å². The van der Waals surface area contributed by atoms with Crippen LogP contribution in [0.2, 0.25) is 0 Å². The quantitative estimate of drug-likeness (QED) is 0.281. The number of non-ortho nitro benzene ring substituents is 1. The number of hydrogen-bond acceptors (Lipinski definition) is 2. The van der Waals surface area contributed by atoms with Crippen molar-refractivity contribution in [3.8, 4) is 0 Å². The molecule has 1 rings (SSSR count). The van der Waals surface area contributed by atoms with Gasteiger partial charge in [-0.2, -0.15) is 0 Å². The lowest BCUT2D eigenvalue weighted by Crippen LogP contribution is -1.95. The van der Waals surface area contributed by atoms with E-state index in [9.17, 15) is 10.1 Å². The number of benzene rings is 1. The van der Waals surface area contributed by atoms with Gasteiger partial charge in [-0.25, -0.2) is 0 Å². The predicted molar refractivity (Wildman–Crippen MR) is 99.3 cm³/mol. The van der Waals surface area contributed by atoms with Gasteiger partial charge in [-0.15, -0.1) is 7.92 Å². The molecule has 0 N–H and O–H groups in total. The summed E-state index contributed by atoms with van der Waals surface area (Å²) in [6.07, 6.45) is 13.2. The van der Waals surface area contributed by atoms with E-state index in [-0.39, 0.29) is 5.69 Å². The highest BCUT2D eigenvalue weighted by Crippen LogP contribution is 2.38. The summed E-state index contributed by atoms with van der Waals surface area (Å²) < 4.78 is 0. The van der Waals surface area contributed by atoms with Crippen LogP contribution in [0.15, 0.2) is 30.3 Å². The summed E-state index contributed by atoms with van der Waals surface area (Å²) >= 11 is 0. The van der Waals surface area contributed by atoms with Gasteiger partial charge in [0, 0.05) is 12.1 Å². The minimum absolute atomic E-state index is 0.137. The fraction of sp³-hybridized carbons (Fsp3) is 0.667. The molecule has 0 aromatic heterocycles. The van der Waals surface area contributed by atoms with Crippen molar-refractivity contribution < 1.29 is 4.92 Å². The summed E-state index contributed by atoms with van der Waals surface area (Å²) in [5.41, 5.74) is 0.137. The van der Waals surface area contributed by atoms with Crippen LogP contribution in [0.4, 0.5) is 5.69 Å². The van der Waals surface area contributed by atoms with Crippen molar-refractivity contribution in [1.82, 2.24) is 0 Å². The SMILES string of the molecule is CCCCP(CCCC)CCCC.O=[N+]([O-])c1ccccc1. The number of nitrogens with zero attached hydrogens (tertiary/aromatic N) is 1. The fourth-order valence-corrected chi connectivity index (χ4v) is 4.99. The zero-order valence-electron chi connectivity index (χ0n) is 14.5. The smallest absolute Gasteiger partial charge is 0.258 e. The van der Waals surface area contributed by atoms with Crippen molar-refractivity contribution >= 4 is 13.6 Å². The molecule has 0 aliphatic rings. The van der Waals surface area contributed by atoms with E-state index < -0.39 is 4.92 Å². The molecule has 0 aliphatic carbocycles. The fourth-order valence-electron chi connectivity index (χ4n) is 2.03. The van der Waals surface area contributed by atoms with Crippen LogP contribution in [0.1, 0.15) is 59.3 Å². The van der Waals surface area contributed by atoms with Gasteiger partial charge in [0.2, 0.25) is 0 Å². The number of hydrogen-bond donors (Lipinski definition) is 0. The Bertz CT molecular complexity index is 352. The van der Waals surface area contributed by atoms with Gasteiger partial charge in [0.15, 0.2) is 0 Å². The second kappa shape index (κ2) is 15.0. The molecular formula is C18H32NO2P. The first-order valence-electron chi connectivity index (χ1n) is 8.57. The number of unbranched alkanes of at least 4 members (excludes halogenated alkanes) is 3. The first kappa shape index (κ1) is 21.0. The molecule has 0 aliphatic heterocycles. The van der Waals surface area contributed by atoms with Gasteiger partial charge in [-0.05, 0) is 37.7 Å². The van der Waals surface area contributed by atoms with Crippen LogP contribution in [-0.4, -0.2) is 23.4 Å². The van der Waals surface area contributed by atoms with Crippen molar-refractivity contribution in [2.75, 3.05) is 18.5 Å². The molecule has 0 saturated heterocycles. The molecule has 0 radical (unpaired) electrons. The van der Waals surface area contributed by atoms with E-state index in [1.807, 2.05) is 0 Å². The summed E-state index contributed by atoms with van der Waals surface area (Å²) in [5.74, 6) is 0. The highest BCUT2D eigenvalue weighted by atomic mass is 31.1. The Morgan fingerprint density at radius 2 is 1.27 bits per heavy atom. The highest BCUT2D eigenvalue weighted by Gasteiger charge is 2.05. The minimum Gasteiger partial charge on any atom is -0.258 e. The molecular weight excluding hydrogens is 293 g/mol. The van der Waals surface area contributed by atoms with Gasteiger partial charge in [0.1, 0.15) is 0 Å². The van der Waals surface area contributed by atoms with Crippen LogP contribution < -0.4 is 0 Å². The van der Waals surface area contributed by atoms with Crippen LogP contribution in [0, 0.1) is 10.1 Å². The Hall–Kier alpha value is -0.950. The number of rotatable bonds is 10. The maximum atomic E-state index is 10.0. The molecule has 0 amide bonds. The molecule has 0 heterocycles. The van der Waals surface area contributed by atoms with Crippen LogP contribution >= 0.6 is 7.92 Å². The maximum Gasteiger partial charge on any atom is 0.269 e. The molecule has 0 spiro atoms. The standard InChI is InChI=1S/C12H27P.C6H5NO2/c1-4-7-10-13(11-8-5-2)12-9-6-3;8-7(9)6-4-2-1-3-5-6/h4-12H2,1-3H3;1-5H. The summed E-state index contributed by atoms with van der Waals surface area (Å²) in [6, 6.07) is 7.93. The molecule has 0 saturated carbocycles. The maximum absolute atomic E-state index is 10.0. The molecule has 22 heavy (non-hydrogen) atoms. The summed E-state index contributed by atoms with van der Waals surface area (Å²) in [7, 11) is 0.422. The number of nitro groups is 1. The van der Waals surface area contributed by atoms with Crippen molar-refractivity contribution in [2.45, 2.75) is 59.3 Å². The van der Waals surface area contributed by atoms with Crippen LogP contribution in [0.5, 0.6) is 0 Å². The zero-order valence-corrected chi connectivity index (χ0v) is 15.4. The molecule has 0 atom stereocenters. The molecule has 0 fully saturated rings. The monoisotopic (exact) mass is 325 g/mol. The van der Waals surface area contributed by atoms with Gasteiger partial charge in [0.05, 0.1) is 4.92 Å². The molecule has 0 unspecified atom stereocenters. The van der Waals surface area contributed by atoms with Gasteiger partial charge in [0.25, 0.3) is 5.69 Å². The van der Waals surface area contributed by atoms with Crippen molar-refractivity contribution in [3.05, 3.63) is 40.4 Å². The predicted octanol–water partition coefficient (Wildman–Crippen LogP) is 6.46. The Morgan fingerprint density at radius 3 is 1.55 bits per heavy atom. The third-order valence-electron chi connectivity index (χ3n) is 3.45. The van der Waals surface area contributed by atoms with E-state index in [0.29, 0.717) is 7.92 Å². The van der Waals surface area contributed by atoms with E-state index in [0.717, 1.165) is 0 Å². The van der Waals surface area contributed by atoms with E-state index in [2.05, 4.69) is 20.8 Å². The number of para-hydroxylation sites is 1. The van der Waals surface area contributed by atoms with Crippen LogP contribution in [0.3, 0.4) is 0 Å². The first-order chi connectivity index (χ1) is 10.7. The van der Waals surface area contributed by atoms with E-state index in [4.69, 9.17) is 0 Å². The summed E-state index contributed by atoms with van der Waals surface area (Å²) in [5, 5.41) is 10.0. The average molecular weight is 325 g/mol. The number of nitro benzene ring substituents is 1. The van der Waals surface area contributed by atoms with Gasteiger partial charge < -0.3 is 0 Å². The molecule has 126 valence electrons.